The van der Waals surface area contributed by atoms with Crippen LogP contribution in [0.2, 0.25) is 0 Å². The van der Waals surface area contributed by atoms with Gasteiger partial charge in [-0.2, -0.15) is 0 Å². The first-order valence-electron chi connectivity index (χ1n) is 4.31. The zero-order valence-corrected chi connectivity index (χ0v) is 7.95. The Labute approximate surface area is 73.2 Å². The summed E-state index contributed by atoms with van der Waals surface area (Å²) in [5.74, 6) is 0. The predicted octanol–water partition coefficient (Wildman–Crippen LogP) is 1.81. The van der Waals surface area contributed by atoms with Crippen LogP contribution >= 0.6 is 11.9 Å². The molecule has 66 valence electrons. The SMILES string of the molecule is CSNCCCCCC1CO1. The minimum Gasteiger partial charge on any atom is -0.373 e. The Morgan fingerprint density at radius 3 is 2.91 bits per heavy atom. The molecule has 1 saturated heterocycles. The van der Waals surface area contributed by atoms with E-state index in [0.29, 0.717) is 6.10 Å². The van der Waals surface area contributed by atoms with Crippen molar-refractivity contribution >= 4 is 11.9 Å². The molecule has 0 amide bonds. The van der Waals surface area contributed by atoms with Crippen LogP contribution in [0.4, 0.5) is 0 Å². The lowest BCUT2D eigenvalue weighted by Gasteiger charge is -1.99. The van der Waals surface area contributed by atoms with Crippen LogP contribution in [0.15, 0.2) is 0 Å². The second kappa shape index (κ2) is 5.86. The van der Waals surface area contributed by atoms with Crippen molar-refractivity contribution in [1.29, 1.82) is 0 Å². The number of hydrogen-bond donors (Lipinski definition) is 1. The molecule has 0 aromatic carbocycles. The average Bonchev–Trinajstić information content (AvgIpc) is 2.80. The summed E-state index contributed by atoms with van der Waals surface area (Å²) in [5, 5.41) is 0. The van der Waals surface area contributed by atoms with Crippen molar-refractivity contribution in [2.45, 2.75) is 31.8 Å². The first-order chi connectivity index (χ1) is 5.43. The van der Waals surface area contributed by atoms with Crippen molar-refractivity contribution in [1.82, 2.24) is 4.72 Å². The number of rotatable bonds is 7. The summed E-state index contributed by atoms with van der Waals surface area (Å²) in [7, 11) is 0. The Hall–Kier alpha value is 0.270. The molecule has 11 heavy (non-hydrogen) atoms. The number of unbranched alkanes of at least 4 members (excludes halogenated alkanes) is 2. The second-order valence-corrected chi connectivity index (χ2v) is 3.60. The van der Waals surface area contributed by atoms with Gasteiger partial charge in [0.05, 0.1) is 12.7 Å². The third-order valence-corrected chi connectivity index (χ3v) is 2.34. The lowest BCUT2D eigenvalue weighted by molar-refractivity contribution is 0.388. The first-order valence-corrected chi connectivity index (χ1v) is 5.53. The van der Waals surface area contributed by atoms with Crippen molar-refractivity contribution in [3.63, 3.8) is 0 Å². The third-order valence-electron chi connectivity index (χ3n) is 1.85. The molecular formula is C8H17NOS. The molecule has 0 spiro atoms. The Kier molecular flexibility index (Phi) is 4.99. The summed E-state index contributed by atoms with van der Waals surface area (Å²) >= 11 is 1.70. The van der Waals surface area contributed by atoms with Crippen LogP contribution in [0, 0.1) is 0 Å². The fraction of sp³-hybridized carbons (Fsp3) is 1.00. The van der Waals surface area contributed by atoms with Crippen LogP contribution in [-0.2, 0) is 4.74 Å². The minimum absolute atomic E-state index is 0.628. The van der Waals surface area contributed by atoms with Crippen LogP contribution in [-0.4, -0.2) is 25.5 Å². The van der Waals surface area contributed by atoms with E-state index < -0.39 is 0 Å². The van der Waals surface area contributed by atoms with Crippen LogP contribution in [0.5, 0.6) is 0 Å². The molecule has 1 atom stereocenters. The smallest absolute Gasteiger partial charge is 0.0810 e. The highest BCUT2D eigenvalue weighted by molar-refractivity contribution is 7.96. The van der Waals surface area contributed by atoms with E-state index in [2.05, 4.69) is 11.0 Å². The quantitative estimate of drug-likeness (QED) is 0.363. The molecular weight excluding hydrogens is 158 g/mol. The van der Waals surface area contributed by atoms with Gasteiger partial charge in [-0.3, -0.25) is 4.72 Å². The Morgan fingerprint density at radius 2 is 2.27 bits per heavy atom. The monoisotopic (exact) mass is 175 g/mol. The molecule has 3 heteroatoms. The number of epoxide rings is 1. The highest BCUT2D eigenvalue weighted by Crippen LogP contribution is 2.16. The topological polar surface area (TPSA) is 24.6 Å². The standard InChI is InChI=1S/C8H17NOS/c1-11-9-6-4-2-3-5-8-7-10-8/h8-9H,2-7H2,1H3. The molecule has 1 aliphatic rings. The maximum absolute atomic E-state index is 5.12. The van der Waals surface area contributed by atoms with Crippen molar-refractivity contribution in [2.24, 2.45) is 0 Å². The van der Waals surface area contributed by atoms with Gasteiger partial charge >= 0.3 is 0 Å². The maximum Gasteiger partial charge on any atom is 0.0810 e. The molecule has 0 aliphatic carbocycles. The van der Waals surface area contributed by atoms with Gasteiger partial charge < -0.3 is 4.74 Å². The van der Waals surface area contributed by atoms with Gasteiger partial charge in [0.1, 0.15) is 0 Å². The molecule has 0 aromatic heterocycles. The van der Waals surface area contributed by atoms with Gasteiger partial charge in [-0.05, 0) is 19.1 Å². The lowest BCUT2D eigenvalue weighted by Crippen LogP contribution is -2.03. The highest BCUT2D eigenvalue weighted by Gasteiger charge is 2.20. The molecule has 0 radical (unpaired) electrons. The first kappa shape index (κ1) is 9.36. The van der Waals surface area contributed by atoms with Gasteiger partial charge in [-0.25, -0.2) is 0 Å². The van der Waals surface area contributed by atoms with Crippen molar-refractivity contribution < 1.29 is 4.74 Å². The van der Waals surface area contributed by atoms with Gasteiger partial charge in [-0.1, -0.05) is 24.8 Å². The van der Waals surface area contributed by atoms with Crippen molar-refractivity contribution in [3.05, 3.63) is 0 Å². The van der Waals surface area contributed by atoms with Gasteiger partial charge in [-0.15, -0.1) is 0 Å². The molecule has 0 bridgehead atoms. The van der Waals surface area contributed by atoms with Gasteiger partial charge in [0, 0.05) is 6.54 Å². The molecule has 1 aliphatic heterocycles. The maximum atomic E-state index is 5.12. The molecule has 1 N–H and O–H groups in total. The van der Waals surface area contributed by atoms with Gasteiger partial charge in [0.25, 0.3) is 0 Å². The van der Waals surface area contributed by atoms with E-state index in [1.807, 2.05) is 0 Å². The Bertz CT molecular complexity index is 96.1. The molecule has 0 aromatic rings. The molecule has 1 rings (SSSR count). The molecule has 2 nitrogen and oxygen atoms in total. The fourth-order valence-corrected chi connectivity index (χ4v) is 1.43. The summed E-state index contributed by atoms with van der Waals surface area (Å²) in [6, 6.07) is 0. The van der Waals surface area contributed by atoms with E-state index in [0.717, 1.165) is 13.2 Å². The van der Waals surface area contributed by atoms with Crippen LogP contribution in [0.3, 0.4) is 0 Å². The molecule has 0 saturated carbocycles. The van der Waals surface area contributed by atoms with Crippen molar-refractivity contribution in [2.75, 3.05) is 19.4 Å². The van der Waals surface area contributed by atoms with E-state index in [4.69, 9.17) is 4.74 Å². The largest absolute Gasteiger partial charge is 0.373 e. The van der Waals surface area contributed by atoms with Gasteiger partial charge in [0.15, 0.2) is 0 Å². The van der Waals surface area contributed by atoms with E-state index in [1.165, 1.54) is 25.7 Å². The van der Waals surface area contributed by atoms with E-state index in [-0.39, 0.29) is 0 Å². The summed E-state index contributed by atoms with van der Waals surface area (Å²) in [6.45, 7) is 2.16. The van der Waals surface area contributed by atoms with E-state index >= 15 is 0 Å². The number of hydrogen-bond acceptors (Lipinski definition) is 3. The Morgan fingerprint density at radius 1 is 1.45 bits per heavy atom. The van der Waals surface area contributed by atoms with E-state index in [9.17, 15) is 0 Å². The summed E-state index contributed by atoms with van der Waals surface area (Å²) in [5.41, 5.74) is 0. The summed E-state index contributed by atoms with van der Waals surface area (Å²) in [6.07, 6.45) is 7.95. The zero-order valence-electron chi connectivity index (χ0n) is 7.14. The predicted molar refractivity (Wildman–Crippen MR) is 49.7 cm³/mol. The van der Waals surface area contributed by atoms with Crippen LogP contribution in [0.1, 0.15) is 25.7 Å². The molecule has 1 unspecified atom stereocenters. The zero-order chi connectivity index (χ0) is 7.94. The summed E-state index contributed by atoms with van der Waals surface area (Å²) in [4.78, 5) is 0. The normalized spacial score (nSPS) is 22.1. The lowest BCUT2D eigenvalue weighted by atomic mass is 10.1. The molecule has 1 heterocycles. The third kappa shape index (κ3) is 5.53. The highest BCUT2D eigenvalue weighted by atomic mass is 32.2. The van der Waals surface area contributed by atoms with Crippen LogP contribution in [0.25, 0.3) is 0 Å². The van der Waals surface area contributed by atoms with Gasteiger partial charge in [0.2, 0.25) is 0 Å². The van der Waals surface area contributed by atoms with Crippen LogP contribution < -0.4 is 4.72 Å². The molecule has 1 fully saturated rings. The summed E-state index contributed by atoms with van der Waals surface area (Å²) < 4.78 is 8.35. The second-order valence-electron chi connectivity index (χ2n) is 2.90. The van der Waals surface area contributed by atoms with Crippen molar-refractivity contribution in [3.8, 4) is 0 Å². The minimum atomic E-state index is 0.628. The fourth-order valence-electron chi connectivity index (χ4n) is 1.08. The average molecular weight is 175 g/mol. The number of nitrogens with one attached hydrogen (secondary N) is 1. The Balaban J connectivity index is 1.66. The van der Waals surface area contributed by atoms with E-state index in [1.54, 1.807) is 11.9 Å². The number of ether oxygens (including phenoxy) is 1.